The van der Waals surface area contributed by atoms with Crippen molar-refractivity contribution in [2.45, 2.75) is 32.5 Å². The minimum atomic E-state index is -3.06. The highest BCUT2D eigenvalue weighted by molar-refractivity contribution is 14.0. The molecule has 170 valence electrons. The van der Waals surface area contributed by atoms with Crippen LogP contribution in [0.4, 0.5) is 23.4 Å². The van der Waals surface area contributed by atoms with E-state index in [1.54, 1.807) is 0 Å². The summed E-state index contributed by atoms with van der Waals surface area (Å²) in [6.07, 6.45) is 2.26. The van der Waals surface area contributed by atoms with Gasteiger partial charge in [0.25, 0.3) is 0 Å². The number of benzene rings is 1. The molecule has 0 spiro atoms. The molecule has 3 rings (SSSR count). The van der Waals surface area contributed by atoms with Crippen molar-refractivity contribution in [2.24, 2.45) is 4.99 Å². The van der Waals surface area contributed by atoms with Crippen LogP contribution >= 0.6 is 24.0 Å². The molecule has 2 aromatic rings. The quantitative estimate of drug-likeness (QED) is 0.236. The molecule has 1 unspecified atom stereocenters. The van der Waals surface area contributed by atoms with E-state index in [9.17, 15) is 17.6 Å². The molecule has 0 aliphatic carbocycles. The summed E-state index contributed by atoms with van der Waals surface area (Å²) in [4.78, 5) is 10.2. The Labute approximate surface area is 195 Å². The van der Waals surface area contributed by atoms with Crippen molar-refractivity contribution in [3.05, 3.63) is 53.7 Å². The minimum absolute atomic E-state index is 0. The Morgan fingerprint density at radius 3 is 2.74 bits per heavy atom. The van der Waals surface area contributed by atoms with Crippen molar-refractivity contribution in [1.82, 2.24) is 15.6 Å². The zero-order valence-electron chi connectivity index (χ0n) is 16.8. The maximum Gasteiger partial charge on any atom is 0.387 e. The number of guanidine groups is 1. The van der Waals surface area contributed by atoms with Crippen molar-refractivity contribution >= 4 is 35.8 Å². The van der Waals surface area contributed by atoms with E-state index in [2.05, 4.69) is 25.3 Å². The predicted molar refractivity (Wildman–Crippen MR) is 121 cm³/mol. The molecule has 0 amide bonds. The van der Waals surface area contributed by atoms with Crippen LogP contribution in [-0.4, -0.2) is 43.2 Å². The van der Waals surface area contributed by atoms with Crippen molar-refractivity contribution in [3.8, 4) is 5.75 Å². The Hall–Kier alpha value is -2.31. The normalized spacial score (nSPS) is 16.3. The van der Waals surface area contributed by atoms with Gasteiger partial charge in [-0.3, -0.25) is 0 Å². The smallest absolute Gasteiger partial charge is 0.387 e. The van der Waals surface area contributed by atoms with E-state index in [1.807, 2.05) is 11.8 Å². The van der Waals surface area contributed by atoms with Gasteiger partial charge < -0.3 is 20.3 Å². The van der Waals surface area contributed by atoms with E-state index in [4.69, 9.17) is 0 Å². The molecule has 1 aliphatic rings. The van der Waals surface area contributed by atoms with Gasteiger partial charge in [0, 0.05) is 31.9 Å². The van der Waals surface area contributed by atoms with Gasteiger partial charge in [-0.15, -0.1) is 24.0 Å². The lowest BCUT2D eigenvalue weighted by atomic mass is 10.2. The largest absolute Gasteiger partial charge is 0.434 e. The minimum Gasteiger partial charge on any atom is -0.434 e. The lowest BCUT2D eigenvalue weighted by Crippen LogP contribution is -2.44. The van der Waals surface area contributed by atoms with Gasteiger partial charge in [0.05, 0.1) is 12.1 Å². The standard InChI is InChI=1S/C20H23F4N5O.HI/c1-2-25-20(27-11-14-15(21)5-3-7-17(14)30-19(23)24)28-13-8-10-29(12-13)18-16(22)6-4-9-26-18;/h3-7,9,13,19H,2,8,10-12H2,1H3,(H2,25,27,28);1H. The molecule has 1 aromatic heterocycles. The lowest BCUT2D eigenvalue weighted by Gasteiger charge is -2.20. The van der Waals surface area contributed by atoms with E-state index >= 15 is 0 Å². The summed E-state index contributed by atoms with van der Waals surface area (Å²) in [6, 6.07) is 6.60. The highest BCUT2D eigenvalue weighted by Gasteiger charge is 2.26. The molecular formula is C20H24F4IN5O. The molecule has 2 heterocycles. The summed E-state index contributed by atoms with van der Waals surface area (Å²) < 4.78 is 57.7. The molecule has 6 nitrogen and oxygen atoms in total. The summed E-state index contributed by atoms with van der Waals surface area (Å²) in [5.41, 5.74) is -0.0568. The second-order valence-electron chi connectivity index (χ2n) is 6.67. The van der Waals surface area contributed by atoms with Gasteiger partial charge >= 0.3 is 6.61 Å². The molecule has 11 heteroatoms. The Kier molecular flexibility index (Phi) is 9.59. The number of anilines is 1. The molecular weight excluding hydrogens is 529 g/mol. The molecule has 31 heavy (non-hydrogen) atoms. The molecule has 0 saturated carbocycles. The molecule has 0 bridgehead atoms. The van der Waals surface area contributed by atoms with Gasteiger partial charge in [-0.25, -0.2) is 18.8 Å². The Bertz CT molecular complexity index is 886. The van der Waals surface area contributed by atoms with Crippen LogP contribution in [0.5, 0.6) is 5.75 Å². The SMILES string of the molecule is CCNC(=NCc1c(F)cccc1OC(F)F)NC1CCN(c2ncccc2F)C1.I. The van der Waals surface area contributed by atoms with E-state index in [0.717, 1.165) is 6.42 Å². The zero-order valence-corrected chi connectivity index (χ0v) is 19.2. The highest BCUT2D eigenvalue weighted by Crippen LogP contribution is 2.24. The summed E-state index contributed by atoms with van der Waals surface area (Å²) in [5.74, 6) is -0.613. The van der Waals surface area contributed by atoms with Crippen LogP contribution in [0, 0.1) is 11.6 Å². The van der Waals surface area contributed by atoms with Gasteiger partial charge in [0.1, 0.15) is 11.6 Å². The number of hydrogen-bond acceptors (Lipinski definition) is 4. The molecule has 1 fully saturated rings. The van der Waals surface area contributed by atoms with Crippen LogP contribution in [0.2, 0.25) is 0 Å². The third-order valence-corrected chi connectivity index (χ3v) is 4.60. The van der Waals surface area contributed by atoms with E-state index in [1.165, 1.54) is 36.5 Å². The average molecular weight is 553 g/mol. The van der Waals surface area contributed by atoms with Crippen LogP contribution < -0.4 is 20.3 Å². The average Bonchev–Trinajstić information content (AvgIpc) is 3.16. The van der Waals surface area contributed by atoms with Crippen molar-refractivity contribution < 1.29 is 22.3 Å². The first-order valence-electron chi connectivity index (χ1n) is 9.60. The maximum atomic E-state index is 14.1. The molecule has 0 radical (unpaired) electrons. The van der Waals surface area contributed by atoms with Gasteiger partial charge in [0.2, 0.25) is 0 Å². The van der Waals surface area contributed by atoms with Crippen molar-refractivity contribution in [2.75, 3.05) is 24.5 Å². The monoisotopic (exact) mass is 553 g/mol. The fraction of sp³-hybridized carbons (Fsp3) is 0.400. The molecule has 1 saturated heterocycles. The number of hydrogen-bond donors (Lipinski definition) is 2. The Balaban J connectivity index is 0.00000341. The van der Waals surface area contributed by atoms with Crippen LogP contribution in [-0.2, 0) is 6.54 Å². The summed E-state index contributed by atoms with van der Waals surface area (Å²) >= 11 is 0. The van der Waals surface area contributed by atoms with E-state index in [-0.39, 0.29) is 53.7 Å². The number of aliphatic imine (C=N–C) groups is 1. The number of nitrogens with zero attached hydrogens (tertiary/aromatic N) is 3. The van der Waals surface area contributed by atoms with Gasteiger partial charge in [-0.1, -0.05) is 6.07 Å². The number of nitrogens with one attached hydrogen (secondary N) is 2. The lowest BCUT2D eigenvalue weighted by molar-refractivity contribution is -0.0506. The highest BCUT2D eigenvalue weighted by atomic mass is 127. The molecule has 1 atom stereocenters. The maximum absolute atomic E-state index is 14.1. The molecule has 1 aromatic carbocycles. The van der Waals surface area contributed by atoms with Crippen molar-refractivity contribution in [1.29, 1.82) is 0 Å². The fourth-order valence-electron chi connectivity index (χ4n) is 3.25. The Morgan fingerprint density at radius 2 is 2.03 bits per heavy atom. The number of rotatable bonds is 7. The first-order chi connectivity index (χ1) is 14.5. The number of aromatic nitrogens is 1. The third-order valence-electron chi connectivity index (χ3n) is 4.60. The first-order valence-corrected chi connectivity index (χ1v) is 9.60. The zero-order chi connectivity index (χ0) is 21.5. The van der Waals surface area contributed by atoms with E-state index < -0.39 is 12.4 Å². The van der Waals surface area contributed by atoms with Crippen LogP contribution in [0.3, 0.4) is 0 Å². The topological polar surface area (TPSA) is 61.8 Å². The number of pyridine rings is 1. The summed E-state index contributed by atoms with van der Waals surface area (Å²) in [7, 11) is 0. The third kappa shape index (κ3) is 6.84. The van der Waals surface area contributed by atoms with Crippen molar-refractivity contribution in [3.63, 3.8) is 0 Å². The van der Waals surface area contributed by atoms with Gasteiger partial charge in [0.15, 0.2) is 17.6 Å². The predicted octanol–water partition coefficient (Wildman–Crippen LogP) is 3.91. The first kappa shape index (κ1) is 25.0. The second kappa shape index (κ2) is 11.9. The number of halogens is 5. The van der Waals surface area contributed by atoms with Gasteiger partial charge in [-0.05, 0) is 37.6 Å². The van der Waals surface area contributed by atoms with Gasteiger partial charge in [-0.2, -0.15) is 8.78 Å². The number of ether oxygens (including phenoxy) is 1. The molecule has 1 aliphatic heterocycles. The second-order valence-corrected chi connectivity index (χ2v) is 6.67. The van der Waals surface area contributed by atoms with Crippen LogP contribution in [0.1, 0.15) is 18.9 Å². The Morgan fingerprint density at radius 1 is 1.26 bits per heavy atom. The molecule has 2 N–H and O–H groups in total. The summed E-state index contributed by atoms with van der Waals surface area (Å²) in [6.45, 7) is 0.306. The van der Waals surface area contributed by atoms with Crippen LogP contribution in [0.15, 0.2) is 41.5 Å². The van der Waals surface area contributed by atoms with Crippen LogP contribution in [0.25, 0.3) is 0 Å². The van der Waals surface area contributed by atoms with E-state index in [0.29, 0.717) is 31.4 Å². The fourth-order valence-corrected chi connectivity index (χ4v) is 3.25. The number of alkyl halides is 2. The summed E-state index contributed by atoms with van der Waals surface area (Å²) in [5, 5.41) is 6.27.